The van der Waals surface area contributed by atoms with Gasteiger partial charge in [0.15, 0.2) is 5.78 Å². The van der Waals surface area contributed by atoms with Gasteiger partial charge in [0.1, 0.15) is 0 Å². The minimum atomic E-state index is -2.94. The van der Waals surface area contributed by atoms with Gasteiger partial charge < -0.3 is 9.05 Å². The zero-order valence-corrected chi connectivity index (χ0v) is 32.7. The summed E-state index contributed by atoms with van der Waals surface area (Å²) in [7, 11) is -2.94. The average Bonchev–Trinajstić information content (AvgIpc) is 3.15. The van der Waals surface area contributed by atoms with E-state index in [0.717, 1.165) is 27.8 Å². The number of hydrogen-bond acceptors (Lipinski definition) is 4. The lowest BCUT2D eigenvalue weighted by atomic mass is 9.94. The molecule has 0 N–H and O–H groups in total. The zero-order valence-electron chi connectivity index (χ0n) is 31.8. The van der Waals surface area contributed by atoms with Gasteiger partial charge in [-0.25, -0.2) is 0 Å². The average molecular weight is 723 g/mol. The number of aryl methyl sites for hydroxylation is 4. The summed E-state index contributed by atoms with van der Waals surface area (Å²) in [6.45, 7) is 12.7. The number of benzene rings is 6. The van der Waals surface area contributed by atoms with Crippen molar-refractivity contribution in [1.82, 2.24) is 0 Å². The molecule has 6 aromatic carbocycles. The molecule has 53 heavy (non-hydrogen) atoms. The highest BCUT2D eigenvalue weighted by atomic mass is 31.2. The van der Waals surface area contributed by atoms with Gasteiger partial charge in [-0.1, -0.05) is 168 Å². The van der Waals surface area contributed by atoms with Crippen LogP contribution in [0.4, 0.5) is 0 Å². The number of carbonyl (C=O) groups is 1. The van der Waals surface area contributed by atoms with E-state index in [0.29, 0.717) is 19.4 Å². The Morgan fingerprint density at radius 2 is 0.887 bits per heavy atom. The molecule has 4 nitrogen and oxygen atoms in total. The van der Waals surface area contributed by atoms with Gasteiger partial charge in [-0.3, -0.25) is 9.36 Å². The van der Waals surface area contributed by atoms with E-state index < -0.39 is 7.60 Å². The van der Waals surface area contributed by atoms with Crippen molar-refractivity contribution in [1.29, 1.82) is 0 Å². The summed E-state index contributed by atoms with van der Waals surface area (Å²) in [5.74, 6) is 0.0902. The van der Waals surface area contributed by atoms with Gasteiger partial charge in [0.25, 0.3) is 0 Å². The predicted octanol–water partition coefficient (Wildman–Crippen LogP) is 12.9. The van der Waals surface area contributed by atoms with Gasteiger partial charge in [-0.05, 0) is 87.6 Å². The molecule has 0 heterocycles. The third-order valence-corrected chi connectivity index (χ3v) is 10.3. The Morgan fingerprint density at radius 1 is 0.509 bits per heavy atom. The van der Waals surface area contributed by atoms with Gasteiger partial charge in [0.2, 0.25) is 0 Å². The van der Waals surface area contributed by atoms with Gasteiger partial charge in [0, 0.05) is 11.1 Å². The molecule has 0 saturated carbocycles. The van der Waals surface area contributed by atoms with E-state index in [-0.39, 0.29) is 5.78 Å². The predicted molar refractivity (Wildman–Crippen MR) is 223 cm³/mol. The zero-order chi connectivity index (χ0) is 38.1. The number of rotatable bonds is 11. The monoisotopic (exact) mass is 722 g/mol. The first kappa shape index (κ1) is 40.6. The number of hydrogen-bond donors (Lipinski definition) is 0. The quantitative estimate of drug-likeness (QED) is 0.0759. The first-order valence-electron chi connectivity index (χ1n) is 18.1. The molecule has 5 heteroatoms. The number of ketones is 1. The van der Waals surface area contributed by atoms with Crippen molar-refractivity contribution in [2.24, 2.45) is 0 Å². The highest BCUT2D eigenvalue weighted by molar-refractivity contribution is 7.53. The molecule has 0 radical (unpaired) electrons. The molecule has 0 fully saturated rings. The minimum absolute atomic E-state index is 0.0902. The van der Waals surface area contributed by atoms with Crippen LogP contribution in [0.15, 0.2) is 158 Å². The molecule has 0 aliphatic carbocycles. The maximum Gasteiger partial charge on any atom is 0.335 e. The van der Waals surface area contributed by atoms with E-state index in [2.05, 4.69) is 98.8 Å². The molecular weight excluding hydrogens is 671 g/mol. The van der Waals surface area contributed by atoms with Crippen molar-refractivity contribution >= 4 is 25.0 Å². The maximum atomic E-state index is 12.2. The topological polar surface area (TPSA) is 52.6 Å². The first-order valence-corrected chi connectivity index (χ1v) is 19.8. The highest BCUT2D eigenvalue weighted by Gasteiger charge is 2.23. The lowest BCUT2D eigenvalue weighted by Gasteiger charge is -2.16. The second-order valence-electron chi connectivity index (χ2n) is 12.9. The molecule has 272 valence electrons. The van der Waals surface area contributed by atoms with Crippen molar-refractivity contribution < 1.29 is 18.4 Å². The van der Waals surface area contributed by atoms with E-state index in [1.165, 1.54) is 33.4 Å². The Morgan fingerprint density at radius 3 is 1.28 bits per heavy atom. The molecule has 0 saturated heterocycles. The van der Waals surface area contributed by atoms with E-state index in [1.807, 2.05) is 107 Å². The molecule has 0 spiro atoms. The number of carbonyl (C=O) groups excluding carboxylic acids is 1. The van der Waals surface area contributed by atoms with Crippen molar-refractivity contribution in [2.75, 3.05) is 13.2 Å². The van der Waals surface area contributed by atoms with Crippen LogP contribution in [0.1, 0.15) is 74.3 Å². The van der Waals surface area contributed by atoms with E-state index in [9.17, 15) is 9.36 Å². The SMILES string of the molecule is CCOP(=O)(Cc1ccccc1)OCC.Cc1cccc(C(=Cc2ccccc2)c2cccc(C)c2)c1.Cc1cccc(C(=O)c2cccc(C)c2)c1. The van der Waals surface area contributed by atoms with Crippen molar-refractivity contribution in [3.63, 3.8) is 0 Å². The molecule has 0 aliphatic rings. The van der Waals surface area contributed by atoms with Crippen molar-refractivity contribution in [3.05, 3.63) is 213 Å². The maximum absolute atomic E-state index is 12.2. The van der Waals surface area contributed by atoms with Crippen LogP contribution in [-0.2, 0) is 19.8 Å². The van der Waals surface area contributed by atoms with Gasteiger partial charge in [-0.2, -0.15) is 0 Å². The second-order valence-corrected chi connectivity index (χ2v) is 14.9. The van der Waals surface area contributed by atoms with E-state index >= 15 is 0 Å². The minimum Gasteiger partial charge on any atom is -0.309 e. The molecule has 0 atom stereocenters. The summed E-state index contributed by atoms with van der Waals surface area (Å²) in [5, 5.41) is 0. The molecule has 0 amide bonds. The van der Waals surface area contributed by atoms with Gasteiger partial charge in [-0.15, -0.1) is 0 Å². The van der Waals surface area contributed by atoms with Crippen LogP contribution in [0.2, 0.25) is 0 Å². The molecule has 0 aliphatic heterocycles. The smallest absolute Gasteiger partial charge is 0.309 e. The summed E-state index contributed by atoms with van der Waals surface area (Å²) in [5.41, 5.74) is 12.3. The third-order valence-electron chi connectivity index (χ3n) is 8.20. The van der Waals surface area contributed by atoms with E-state index in [4.69, 9.17) is 9.05 Å². The van der Waals surface area contributed by atoms with Gasteiger partial charge >= 0.3 is 7.60 Å². The first-order chi connectivity index (χ1) is 25.6. The Bertz CT molecular complexity index is 2010. The summed E-state index contributed by atoms with van der Waals surface area (Å²) < 4.78 is 22.6. The lowest BCUT2D eigenvalue weighted by molar-refractivity contribution is 0.103. The van der Waals surface area contributed by atoms with E-state index in [1.54, 1.807) is 0 Å². The van der Waals surface area contributed by atoms with Gasteiger partial charge in [0.05, 0.1) is 19.4 Å². The Labute approximate surface area is 316 Å². The molecule has 6 aromatic rings. The van der Waals surface area contributed by atoms with Crippen LogP contribution >= 0.6 is 7.60 Å². The molecule has 0 aromatic heterocycles. The third kappa shape index (κ3) is 13.4. The van der Waals surface area contributed by atoms with Crippen LogP contribution in [0, 0.1) is 27.7 Å². The standard InChI is InChI=1S/C22H20.C15H14O.C11H17O3P/c1-17-8-6-12-20(14-17)22(16-19-10-4-3-5-11-19)21-13-7-9-18(2)15-21;1-11-5-3-7-13(9-11)15(16)14-8-4-6-12(2)10-14;1-3-13-15(12,14-4-2)10-11-8-6-5-7-9-11/h3-16H,1-2H3;3-10H,1-2H3;5-9H,3-4,10H2,1-2H3. The van der Waals surface area contributed by atoms with Crippen LogP contribution in [0.3, 0.4) is 0 Å². The molecular formula is C48H51O4P. The van der Waals surface area contributed by atoms with Crippen LogP contribution in [0.5, 0.6) is 0 Å². The normalized spacial score (nSPS) is 10.6. The Hall–Kier alpha value is -5.12. The molecule has 6 rings (SSSR count). The Kier molecular flexibility index (Phi) is 16.0. The van der Waals surface area contributed by atoms with Crippen molar-refractivity contribution in [2.45, 2.75) is 47.7 Å². The molecule has 0 bridgehead atoms. The fourth-order valence-electron chi connectivity index (χ4n) is 5.74. The van der Waals surface area contributed by atoms with Crippen LogP contribution in [-0.4, -0.2) is 19.0 Å². The summed E-state index contributed by atoms with van der Waals surface area (Å²) in [6.07, 6.45) is 2.61. The summed E-state index contributed by atoms with van der Waals surface area (Å²) >= 11 is 0. The molecule has 0 unspecified atom stereocenters. The summed E-state index contributed by atoms with van der Waals surface area (Å²) in [4.78, 5) is 12.2. The van der Waals surface area contributed by atoms with Crippen molar-refractivity contribution in [3.8, 4) is 0 Å². The summed E-state index contributed by atoms with van der Waals surface area (Å²) in [6, 6.07) is 52.9. The largest absolute Gasteiger partial charge is 0.335 e. The Balaban J connectivity index is 0.000000182. The van der Waals surface area contributed by atoms with Crippen LogP contribution < -0.4 is 0 Å². The fourth-order valence-corrected chi connectivity index (χ4v) is 7.44. The highest BCUT2D eigenvalue weighted by Crippen LogP contribution is 2.51. The second kappa shape index (κ2) is 20.8. The fraction of sp³-hybridized carbons (Fsp3) is 0.188. The lowest BCUT2D eigenvalue weighted by Crippen LogP contribution is -2.01. The van der Waals surface area contributed by atoms with Crippen LogP contribution in [0.25, 0.3) is 11.6 Å².